The van der Waals surface area contributed by atoms with Gasteiger partial charge < -0.3 is 33.3 Å². The van der Waals surface area contributed by atoms with Crippen molar-refractivity contribution < 1.29 is 42.8 Å². The lowest BCUT2D eigenvalue weighted by Crippen LogP contribution is -2.50. The Bertz CT molecular complexity index is 933. The van der Waals surface area contributed by atoms with Crippen LogP contribution in [-0.4, -0.2) is 102 Å². The summed E-state index contributed by atoms with van der Waals surface area (Å²) in [5.74, 6) is -0.714. The number of hydrogen-bond acceptors (Lipinski definition) is 9. The molecule has 0 unspecified atom stereocenters. The van der Waals surface area contributed by atoms with Crippen molar-refractivity contribution in [3.8, 4) is 0 Å². The number of nitrogens with zero attached hydrogens (tertiary/aromatic N) is 2. The first-order chi connectivity index (χ1) is 19.0. The van der Waals surface area contributed by atoms with Crippen LogP contribution in [0.25, 0.3) is 0 Å². The highest BCUT2D eigenvalue weighted by Gasteiger charge is 2.45. The van der Waals surface area contributed by atoms with Crippen LogP contribution in [0.2, 0.25) is 0 Å². The third-order valence-electron chi connectivity index (χ3n) is 6.79. The smallest absolute Gasteiger partial charge is 0.413 e. The van der Waals surface area contributed by atoms with Crippen molar-refractivity contribution in [2.75, 3.05) is 20.3 Å². The van der Waals surface area contributed by atoms with Crippen LogP contribution in [0.4, 0.5) is 9.59 Å². The predicted molar refractivity (Wildman–Crippen MR) is 153 cm³/mol. The molecule has 5 atom stereocenters. The molecule has 0 aromatic heterocycles. The van der Waals surface area contributed by atoms with E-state index in [9.17, 15) is 14.4 Å². The van der Waals surface area contributed by atoms with Gasteiger partial charge in [-0.1, -0.05) is 12.2 Å². The summed E-state index contributed by atoms with van der Waals surface area (Å²) >= 11 is 0. The van der Waals surface area contributed by atoms with Crippen LogP contribution in [-0.2, 0) is 33.2 Å². The van der Waals surface area contributed by atoms with Crippen LogP contribution in [0.5, 0.6) is 0 Å². The Labute approximate surface area is 245 Å². The third-order valence-corrected chi connectivity index (χ3v) is 6.79. The molecule has 0 spiro atoms. The average molecular weight is 583 g/mol. The molecule has 2 rings (SSSR count). The summed E-state index contributed by atoms with van der Waals surface area (Å²) < 4.78 is 34.6. The summed E-state index contributed by atoms with van der Waals surface area (Å²) in [5.41, 5.74) is -1.67. The number of rotatable bonds is 10. The third kappa shape index (κ3) is 9.44. The van der Waals surface area contributed by atoms with Crippen molar-refractivity contribution in [3.05, 3.63) is 24.8 Å². The van der Waals surface area contributed by atoms with Gasteiger partial charge in [-0.05, 0) is 81.2 Å². The molecule has 11 nitrogen and oxygen atoms in total. The summed E-state index contributed by atoms with van der Waals surface area (Å²) in [5, 5.41) is 0. The number of ether oxygens (including phenoxy) is 6. The second-order valence-corrected chi connectivity index (χ2v) is 12.3. The van der Waals surface area contributed by atoms with Gasteiger partial charge in [0.05, 0.1) is 25.9 Å². The molecule has 2 heterocycles. The van der Waals surface area contributed by atoms with Crippen LogP contribution in [0, 0.1) is 0 Å². The topological polar surface area (TPSA) is 113 Å². The Morgan fingerprint density at radius 1 is 1.12 bits per heavy atom. The lowest BCUT2D eigenvalue weighted by Gasteiger charge is -2.36. The molecular formula is C30H50N2O9. The van der Waals surface area contributed by atoms with E-state index in [-0.39, 0.29) is 18.7 Å². The molecule has 0 saturated carbocycles. The normalized spacial score (nSPS) is 24.3. The second kappa shape index (κ2) is 14.5. The van der Waals surface area contributed by atoms with Gasteiger partial charge in [-0.15, -0.1) is 6.58 Å². The SMILES string of the molecule is C=C[C@H]1OCCC[C@@H]1O[C@H](C(=O)OC)[C@H](C=C[C@@H]1COC(C)(C)N1C(=O)OC(C)(C)C)OC(=O)N(C(C)C)C(C)C. The van der Waals surface area contributed by atoms with Crippen LogP contribution < -0.4 is 0 Å². The standard InChI is InChI=1S/C30H50N2O9/c1-12-22-23(14-13-17-37-22)39-25(26(33)36-11)24(40-27(34)31(19(2)3)20(4)5)16-15-21-18-38-30(9,10)32(21)28(35)41-29(6,7)8/h12,15-16,19-25H,1,13-14,17-18H2,2-11H3/t21-,22-,23+,24+,25+/m1/s1. The molecule has 0 N–H and O–H groups in total. The molecule has 0 bridgehead atoms. The molecule has 2 amide bonds. The van der Waals surface area contributed by atoms with Crippen molar-refractivity contribution in [1.29, 1.82) is 0 Å². The van der Waals surface area contributed by atoms with Crippen LogP contribution in [0.1, 0.15) is 75.2 Å². The van der Waals surface area contributed by atoms with Gasteiger partial charge in [0, 0.05) is 18.7 Å². The quantitative estimate of drug-likeness (QED) is 0.203. The molecule has 2 aliphatic heterocycles. The fraction of sp³-hybridized carbons (Fsp3) is 0.767. The van der Waals surface area contributed by atoms with Crippen molar-refractivity contribution >= 4 is 18.2 Å². The fourth-order valence-corrected chi connectivity index (χ4v) is 4.99. The van der Waals surface area contributed by atoms with Crippen molar-refractivity contribution in [2.24, 2.45) is 0 Å². The molecular weight excluding hydrogens is 532 g/mol. The molecule has 234 valence electrons. The second-order valence-electron chi connectivity index (χ2n) is 12.3. The average Bonchev–Trinajstić information content (AvgIpc) is 3.17. The molecule has 0 aromatic carbocycles. The van der Waals surface area contributed by atoms with E-state index >= 15 is 0 Å². The van der Waals surface area contributed by atoms with Gasteiger partial charge in [0.1, 0.15) is 17.4 Å². The number of carbonyl (C=O) groups excluding carboxylic acids is 3. The number of methoxy groups -OCH3 is 1. The van der Waals surface area contributed by atoms with Gasteiger partial charge in [-0.3, -0.25) is 4.90 Å². The Hall–Kier alpha value is -2.63. The maximum Gasteiger partial charge on any atom is 0.413 e. The zero-order valence-corrected chi connectivity index (χ0v) is 26.4. The van der Waals surface area contributed by atoms with Gasteiger partial charge in [-0.2, -0.15) is 0 Å². The minimum absolute atomic E-state index is 0.159. The summed E-state index contributed by atoms with van der Waals surface area (Å²) in [6.45, 7) is 21.0. The van der Waals surface area contributed by atoms with E-state index in [1.54, 1.807) is 57.7 Å². The number of carbonyl (C=O) groups is 3. The molecule has 41 heavy (non-hydrogen) atoms. The van der Waals surface area contributed by atoms with Crippen molar-refractivity contribution in [1.82, 2.24) is 9.80 Å². The van der Waals surface area contributed by atoms with E-state index in [1.807, 2.05) is 27.7 Å². The Kier molecular flexibility index (Phi) is 12.2. The highest BCUT2D eigenvalue weighted by Crippen LogP contribution is 2.31. The zero-order chi connectivity index (χ0) is 31.1. The molecule has 0 aromatic rings. The molecule has 2 aliphatic rings. The lowest BCUT2D eigenvalue weighted by molar-refractivity contribution is -0.177. The van der Waals surface area contributed by atoms with Gasteiger partial charge in [0.15, 0.2) is 12.2 Å². The summed E-state index contributed by atoms with van der Waals surface area (Å²) in [6, 6.07) is -0.883. The first-order valence-electron chi connectivity index (χ1n) is 14.3. The van der Waals surface area contributed by atoms with Crippen molar-refractivity contribution in [2.45, 2.75) is 129 Å². The van der Waals surface area contributed by atoms with E-state index in [2.05, 4.69) is 6.58 Å². The monoisotopic (exact) mass is 582 g/mol. The van der Waals surface area contributed by atoms with Crippen LogP contribution >= 0.6 is 0 Å². The van der Waals surface area contributed by atoms with Crippen molar-refractivity contribution in [3.63, 3.8) is 0 Å². The Morgan fingerprint density at radius 2 is 1.76 bits per heavy atom. The molecule has 2 saturated heterocycles. The largest absolute Gasteiger partial charge is 0.467 e. The minimum Gasteiger partial charge on any atom is -0.467 e. The first kappa shape index (κ1) is 34.6. The highest BCUT2D eigenvalue weighted by atomic mass is 16.6. The molecule has 11 heteroatoms. The fourth-order valence-electron chi connectivity index (χ4n) is 4.99. The Balaban J connectivity index is 2.48. The maximum absolute atomic E-state index is 13.4. The van der Waals surface area contributed by atoms with Crippen LogP contribution in [0.3, 0.4) is 0 Å². The zero-order valence-electron chi connectivity index (χ0n) is 26.4. The van der Waals surface area contributed by atoms with E-state index in [1.165, 1.54) is 12.0 Å². The van der Waals surface area contributed by atoms with Crippen LogP contribution in [0.15, 0.2) is 24.8 Å². The summed E-state index contributed by atoms with van der Waals surface area (Å²) in [6.07, 6.45) is 1.61. The molecule has 2 fully saturated rings. The number of hydrogen-bond donors (Lipinski definition) is 0. The minimum atomic E-state index is -1.30. The maximum atomic E-state index is 13.4. The summed E-state index contributed by atoms with van der Waals surface area (Å²) in [4.78, 5) is 42.7. The van der Waals surface area contributed by atoms with E-state index < -0.39 is 59.9 Å². The number of amides is 2. The molecule has 0 radical (unpaired) electrons. The molecule has 0 aliphatic carbocycles. The first-order valence-corrected chi connectivity index (χ1v) is 14.3. The van der Waals surface area contributed by atoms with E-state index in [4.69, 9.17) is 28.4 Å². The highest BCUT2D eigenvalue weighted by molar-refractivity contribution is 5.77. The lowest BCUT2D eigenvalue weighted by atomic mass is 10.0. The summed E-state index contributed by atoms with van der Waals surface area (Å²) in [7, 11) is 1.25. The van der Waals surface area contributed by atoms with E-state index in [0.29, 0.717) is 13.0 Å². The van der Waals surface area contributed by atoms with Gasteiger partial charge in [-0.25, -0.2) is 14.4 Å². The predicted octanol–water partition coefficient (Wildman–Crippen LogP) is 4.83. The van der Waals surface area contributed by atoms with Gasteiger partial charge in [0.25, 0.3) is 0 Å². The van der Waals surface area contributed by atoms with Gasteiger partial charge in [0.2, 0.25) is 0 Å². The van der Waals surface area contributed by atoms with E-state index in [0.717, 1.165) is 6.42 Å². The Morgan fingerprint density at radius 3 is 2.29 bits per heavy atom. The van der Waals surface area contributed by atoms with Gasteiger partial charge >= 0.3 is 18.2 Å². The number of esters is 1.